The Bertz CT molecular complexity index is 340. The van der Waals surface area contributed by atoms with Crippen LogP contribution in [0.5, 0.6) is 0 Å². The molecule has 1 aromatic heterocycles. The van der Waals surface area contributed by atoms with Gasteiger partial charge in [0, 0.05) is 18.9 Å². The molecule has 0 aliphatic heterocycles. The maximum atomic E-state index is 11.0. The molecule has 1 unspecified atom stereocenters. The largest absolute Gasteiger partial charge is 0.416 e. The molecule has 72 valence electrons. The lowest BCUT2D eigenvalue weighted by atomic mass is 9.90. The second-order valence-corrected chi connectivity index (χ2v) is 3.50. The van der Waals surface area contributed by atoms with Crippen molar-refractivity contribution in [3.05, 3.63) is 22.0 Å². The maximum Gasteiger partial charge on any atom is 0.416 e. The van der Waals surface area contributed by atoms with E-state index in [9.17, 15) is 4.79 Å². The van der Waals surface area contributed by atoms with Gasteiger partial charge in [0.25, 0.3) is 0 Å². The van der Waals surface area contributed by atoms with Gasteiger partial charge in [-0.2, -0.15) is 0 Å². The van der Waals surface area contributed by atoms with Crippen LogP contribution < -0.4 is 11.1 Å². The fourth-order valence-corrected chi connectivity index (χ4v) is 1.99. The van der Waals surface area contributed by atoms with Crippen molar-refractivity contribution < 1.29 is 4.42 Å². The monoisotopic (exact) mass is 182 g/mol. The molecule has 0 saturated heterocycles. The van der Waals surface area contributed by atoms with Crippen molar-refractivity contribution in [1.82, 2.24) is 10.3 Å². The Labute approximate surface area is 76.3 Å². The number of H-pyrrole nitrogens is 1. The summed E-state index contributed by atoms with van der Waals surface area (Å²) in [6, 6.07) is 0. The molecule has 0 radical (unpaired) electrons. The Morgan fingerprint density at radius 3 is 3.31 bits per heavy atom. The van der Waals surface area contributed by atoms with E-state index in [4.69, 9.17) is 4.42 Å². The fourth-order valence-electron chi connectivity index (χ4n) is 1.99. The minimum Gasteiger partial charge on any atom is -0.413 e. The Kier molecular flexibility index (Phi) is 2.22. The van der Waals surface area contributed by atoms with E-state index >= 15 is 0 Å². The average molecular weight is 182 g/mol. The van der Waals surface area contributed by atoms with Gasteiger partial charge in [-0.25, -0.2) is 4.79 Å². The normalized spacial score (nSPS) is 21.5. The number of aromatic amines is 1. The zero-order valence-corrected chi connectivity index (χ0v) is 7.72. The van der Waals surface area contributed by atoms with Crippen LogP contribution in [0.1, 0.15) is 30.2 Å². The molecule has 0 bridgehead atoms. The molecule has 13 heavy (non-hydrogen) atoms. The van der Waals surface area contributed by atoms with Crippen LogP contribution in [0.3, 0.4) is 0 Å². The molecule has 1 aliphatic carbocycles. The molecular weight excluding hydrogens is 168 g/mol. The minimum absolute atomic E-state index is 0.312. The zero-order chi connectivity index (χ0) is 9.26. The number of oxazole rings is 1. The topological polar surface area (TPSA) is 58.0 Å². The smallest absolute Gasteiger partial charge is 0.413 e. The van der Waals surface area contributed by atoms with E-state index in [-0.39, 0.29) is 5.76 Å². The summed E-state index contributed by atoms with van der Waals surface area (Å²) in [6.45, 7) is 0.905. The Hall–Kier alpha value is -1.03. The SMILES string of the molecule is CNCC1CCCc2oc(=O)[nH]c21. The van der Waals surface area contributed by atoms with Crippen LogP contribution in [-0.2, 0) is 6.42 Å². The summed E-state index contributed by atoms with van der Waals surface area (Å²) in [4.78, 5) is 13.7. The third-order valence-electron chi connectivity index (χ3n) is 2.57. The van der Waals surface area contributed by atoms with Crippen molar-refractivity contribution in [3.8, 4) is 0 Å². The molecule has 0 fully saturated rings. The standard InChI is InChI=1S/C9H14N2O2/c1-10-5-6-3-2-4-7-8(6)11-9(12)13-7/h6,10H,2-5H2,1H3,(H,11,12). The number of nitrogens with one attached hydrogen (secondary N) is 2. The van der Waals surface area contributed by atoms with E-state index in [0.29, 0.717) is 5.92 Å². The molecule has 4 heteroatoms. The first-order valence-electron chi connectivity index (χ1n) is 4.67. The van der Waals surface area contributed by atoms with E-state index in [1.165, 1.54) is 0 Å². The molecule has 1 atom stereocenters. The molecule has 1 aromatic rings. The number of aryl methyl sites for hydroxylation is 1. The van der Waals surface area contributed by atoms with Gasteiger partial charge in [0.05, 0.1) is 5.69 Å². The molecule has 0 saturated carbocycles. The van der Waals surface area contributed by atoms with Gasteiger partial charge in [0.1, 0.15) is 5.76 Å². The number of hydrogen-bond acceptors (Lipinski definition) is 3. The van der Waals surface area contributed by atoms with Gasteiger partial charge in [0.2, 0.25) is 0 Å². The number of likely N-dealkylation sites (N-methyl/N-ethyl adjacent to an activating group) is 1. The van der Waals surface area contributed by atoms with Crippen LogP contribution >= 0.6 is 0 Å². The van der Waals surface area contributed by atoms with Gasteiger partial charge in [-0.05, 0) is 19.9 Å². The predicted molar refractivity (Wildman–Crippen MR) is 48.9 cm³/mol. The first kappa shape index (κ1) is 8.56. The van der Waals surface area contributed by atoms with Crippen molar-refractivity contribution in [3.63, 3.8) is 0 Å². The zero-order valence-electron chi connectivity index (χ0n) is 7.72. The molecule has 2 N–H and O–H groups in total. The van der Waals surface area contributed by atoms with Gasteiger partial charge in [-0.1, -0.05) is 0 Å². The molecule has 1 aliphatic rings. The molecule has 4 nitrogen and oxygen atoms in total. The quantitative estimate of drug-likeness (QED) is 0.704. The lowest BCUT2D eigenvalue weighted by molar-refractivity contribution is 0.427. The van der Waals surface area contributed by atoms with Crippen LogP contribution in [0.4, 0.5) is 0 Å². The van der Waals surface area contributed by atoms with Crippen molar-refractivity contribution in [2.24, 2.45) is 0 Å². The number of hydrogen-bond donors (Lipinski definition) is 2. The highest BCUT2D eigenvalue weighted by Gasteiger charge is 2.23. The molecule has 0 aromatic carbocycles. The molecule has 1 heterocycles. The predicted octanol–water partition coefficient (Wildman–Crippen LogP) is 0.607. The van der Waals surface area contributed by atoms with Crippen molar-refractivity contribution in [2.45, 2.75) is 25.2 Å². The van der Waals surface area contributed by atoms with Crippen LogP contribution in [0, 0.1) is 0 Å². The lowest BCUT2D eigenvalue weighted by Gasteiger charge is -2.19. The van der Waals surface area contributed by atoms with Gasteiger partial charge in [-0.3, -0.25) is 4.98 Å². The summed E-state index contributed by atoms with van der Waals surface area (Å²) in [5.74, 6) is 0.963. The maximum absolute atomic E-state index is 11.0. The van der Waals surface area contributed by atoms with Crippen molar-refractivity contribution in [2.75, 3.05) is 13.6 Å². The van der Waals surface area contributed by atoms with Crippen molar-refractivity contribution >= 4 is 0 Å². The van der Waals surface area contributed by atoms with Crippen LogP contribution in [0.25, 0.3) is 0 Å². The highest BCUT2D eigenvalue weighted by Crippen LogP contribution is 2.28. The van der Waals surface area contributed by atoms with Gasteiger partial charge in [0.15, 0.2) is 0 Å². The Morgan fingerprint density at radius 1 is 1.69 bits per heavy atom. The Morgan fingerprint density at radius 2 is 2.54 bits per heavy atom. The van der Waals surface area contributed by atoms with Crippen molar-refractivity contribution in [1.29, 1.82) is 0 Å². The van der Waals surface area contributed by atoms with Crippen LogP contribution in [-0.4, -0.2) is 18.6 Å². The van der Waals surface area contributed by atoms with E-state index in [1.807, 2.05) is 7.05 Å². The summed E-state index contributed by atoms with van der Waals surface area (Å²) < 4.78 is 5.04. The van der Waals surface area contributed by atoms with E-state index < -0.39 is 0 Å². The lowest BCUT2D eigenvalue weighted by Crippen LogP contribution is -2.21. The minimum atomic E-state index is -0.312. The highest BCUT2D eigenvalue weighted by atomic mass is 16.4. The summed E-state index contributed by atoms with van der Waals surface area (Å²) in [6.07, 6.45) is 3.14. The molecular formula is C9H14N2O2. The summed E-state index contributed by atoms with van der Waals surface area (Å²) >= 11 is 0. The average Bonchev–Trinajstić information content (AvgIpc) is 2.47. The molecule has 0 spiro atoms. The summed E-state index contributed by atoms with van der Waals surface area (Å²) in [5.41, 5.74) is 1.01. The summed E-state index contributed by atoms with van der Waals surface area (Å²) in [5, 5.41) is 3.12. The highest BCUT2D eigenvalue weighted by molar-refractivity contribution is 5.17. The number of fused-ring (bicyclic) bond motifs is 1. The molecule has 0 amide bonds. The third-order valence-corrected chi connectivity index (χ3v) is 2.57. The molecule has 2 rings (SSSR count). The van der Waals surface area contributed by atoms with Gasteiger partial charge in [-0.15, -0.1) is 0 Å². The second-order valence-electron chi connectivity index (χ2n) is 3.50. The first-order chi connectivity index (χ1) is 6.31. The first-order valence-corrected chi connectivity index (χ1v) is 4.67. The van der Waals surface area contributed by atoms with Gasteiger partial charge < -0.3 is 9.73 Å². The van der Waals surface area contributed by atoms with Crippen LogP contribution in [0.15, 0.2) is 9.21 Å². The Balaban J connectivity index is 2.30. The van der Waals surface area contributed by atoms with Crippen LogP contribution in [0.2, 0.25) is 0 Å². The van der Waals surface area contributed by atoms with E-state index in [1.54, 1.807) is 0 Å². The number of aromatic nitrogens is 1. The van der Waals surface area contributed by atoms with E-state index in [0.717, 1.165) is 37.3 Å². The van der Waals surface area contributed by atoms with E-state index in [2.05, 4.69) is 10.3 Å². The third kappa shape index (κ3) is 1.54. The second kappa shape index (κ2) is 3.38. The summed E-state index contributed by atoms with van der Waals surface area (Å²) in [7, 11) is 1.92. The number of rotatable bonds is 2. The fraction of sp³-hybridized carbons (Fsp3) is 0.667. The van der Waals surface area contributed by atoms with Gasteiger partial charge >= 0.3 is 5.76 Å².